The number of hydrogen-bond acceptors (Lipinski definition) is 5. The van der Waals surface area contributed by atoms with E-state index in [1.54, 1.807) is 0 Å². The molecular weight excluding hydrogens is 450 g/mol. The fraction of sp³-hybridized carbons (Fsp3) is 1.00. The van der Waals surface area contributed by atoms with Gasteiger partial charge in [-0.1, -0.05) is 64.4 Å². The fourth-order valence-electron chi connectivity index (χ4n) is 2.34. The zero-order valence-corrected chi connectivity index (χ0v) is 18.6. The topological polar surface area (TPSA) is 106 Å². The van der Waals surface area contributed by atoms with Gasteiger partial charge in [-0.25, -0.2) is 16.8 Å². The van der Waals surface area contributed by atoms with Crippen molar-refractivity contribution in [3.05, 3.63) is 0 Å². The minimum Gasteiger partial charge on any atom is -0.325 e. The number of nitrogens with two attached hydrogens (primary N) is 1. The van der Waals surface area contributed by atoms with Crippen LogP contribution >= 0.6 is 0 Å². The molecular formula is C15H30F6N2O4S2. The molecule has 3 N–H and O–H groups in total. The Hall–Kier alpha value is -0.600. The Morgan fingerprint density at radius 2 is 1.10 bits per heavy atom. The number of halogens is 6. The maximum Gasteiger partial charge on any atom is 0.512 e. The van der Waals surface area contributed by atoms with Crippen LogP contribution in [0.5, 0.6) is 0 Å². The van der Waals surface area contributed by atoms with Crippen molar-refractivity contribution in [3.63, 3.8) is 0 Å². The van der Waals surface area contributed by atoms with Crippen LogP contribution in [0.25, 0.3) is 0 Å². The summed E-state index contributed by atoms with van der Waals surface area (Å²) in [6.45, 7) is 11.2. The van der Waals surface area contributed by atoms with E-state index in [1.165, 1.54) is 32.1 Å². The molecule has 0 radical (unpaired) electrons. The van der Waals surface area contributed by atoms with Gasteiger partial charge in [0.15, 0.2) is 0 Å². The monoisotopic (exact) mass is 480 g/mol. The van der Waals surface area contributed by atoms with Gasteiger partial charge in [0.05, 0.1) is 0 Å². The zero-order valence-electron chi connectivity index (χ0n) is 17.0. The Labute approximate surface area is 168 Å². The summed E-state index contributed by atoms with van der Waals surface area (Å²) in [5, 5.41) is 0. The van der Waals surface area contributed by atoms with Gasteiger partial charge in [-0.15, -0.1) is 0 Å². The van der Waals surface area contributed by atoms with Crippen molar-refractivity contribution in [2.45, 2.75) is 83.3 Å². The van der Waals surface area contributed by atoms with Gasteiger partial charge in [-0.05, 0) is 18.3 Å². The summed E-state index contributed by atoms with van der Waals surface area (Å²) in [4.78, 5) is 0. The van der Waals surface area contributed by atoms with Crippen molar-refractivity contribution in [1.82, 2.24) is 4.13 Å². The Balaban J connectivity index is 0. The lowest BCUT2D eigenvalue weighted by molar-refractivity contribution is -0.0476. The molecule has 0 amide bonds. The zero-order chi connectivity index (χ0) is 23.9. The van der Waals surface area contributed by atoms with Crippen LogP contribution in [0.15, 0.2) is 0 Å². The molecule has 14 heteroatoms. The van der Waals surface area contributed by atoms with Crippen molar-refractivity contribution in [2.75, 3.05) is 0 Å². The molecule has 0 heterocycles. The number of alkyl halides is 6. The Kier molecular flexibility index (Phi) is 11.8. The van der Waals surface area contributed by atoms with E-state index in [-0.39, 0.29) is 5.54 Å². The molecule has 0 aliphatic rings. The lowest BCUT2D eigenvalue weighted by Crippen LogP contribution is -2.49. The molecule has 0 saturated heterocycles. The standard InChI is InChI=1S/C13H29N.C2HF6NO4S2/c1-6-7-8-9-10-13(14,11(2)3)12(4)5;3-1(4,5)14(10,11)9-15(12,13)2(6,7)8/h11-12H,6-10,14H2,1-5H3;9H. The molecule has 6 nitrogen and oxygen atoms in total. The van der Waals surface area contributed by atoms with Crippen LogP contribution in [-0.2, 0) is 20.0 Å². The van der Waals surface area contributed by atoms with Gasteiger partial charge < -0.3 is 5.73 Å². The first-order chi connectivity index (χ1) is 12.7. The molecule has 0 aliphatic carbocycles. The van der Waals surface area contributed by atoms with Gasteiger partial charge >= 0.3 is 31.1 Å². The van der Waals surface area contributed by atoms with Crippen molar-refractivity contribution < 1.29 is 43.2 Å². The predicted molar refractivity (Wildman–Crippen MR) is 98.4 cm³/mol. The van der Waals surface area contributed by atoms with Crippen LogP contribution in [0.3, 0.4) is 0 Å². The Morgan fingerprint density at radius 1 is 0.759 bits per heavy atom. The van der Waals surface area contributed by atoms with Crippen LogP contribution in [0.1, 0.15) is 66.7 Å². The molecule has 0 aromatic heterocycles. The Morgan fingerprint density at radius 3 is 1.34 bits per heavy atom. The second-order valence-corrected chi connectivity index (χ2v) is 10.8. The molecule has 0 rings (SSSR count). The number of nitrogens with one attached hydrogen (secondary N) is 1. The first-order valence-corrected chi connectivity index (χ1v) is 11.8. The molecule has 0 aliphatic heterocycles. The second-order valence-electron chi connectivity index (χ2n) is 7.21. The lowest BCUT2D eigenvalue weighted by Gasteiger charge is -2.38. The summed E-state index contributed by atoms with van der Waals surface area (Å²) < 4.78 is 108. The molecule has 0 aromatic rings. The average Bonchev–Trinajstić information content (AvgIpc) is 2.48. The maximum atomic E-state index is 11.5. The van der Waals surface area contributed by atoms with Crippen LogP contribution in [-0.4, -0.2) is 33.4 Å². The minimum atomic E-state index is -6.60. The van der Waals surface area contributed by atoms with Crippen molar-refractivity contribution in [3.8, 4) is 0 Å². The lowest BCUT2D eigenvalue weighted by atomic mass is 9.74. The minimum absolute atomic E-state index is 0.0493. The third-order valence-electron chi connectivity index (χ3n) is 4.44. The third-order valence-corrected chi connectivity index (χ3v) is 7.42. The molecule has 0 saturated carbocycles. The summed E-state index contributed by atoms with van der Waals surface area (Å²) >= 11 is 0. The highest BCUT2D eigenvalue weighted by atomic mass is 32.3. The molecule has 0 aromatic carbocycles. The van der Waals surface area contributed by atoms with Crippen molar-refractivity contribution >= 4 is 20.0 Å². The molecule has 0 atom stereocenters. The Bertz CT molecular complexity index is 637. The molecule has 178 valence electrons. The number of sulfonamides is 2. The van der Waals surface area contributed by atoms with E-state index in [0.29, 0.717) is 11.8 Å². The van der Waals surface area contributed by atoms with Crippen LogP contribution in [0.2, 0.25) is 0 Å². The number of hydrogen-bond donors (Lipinski definition) is 2. The number of rotatable bonds is 9. The SMILES string of the molecule is CCCCCCC(N)(C(C)C)C(C)C.O=S(=O)(NS(=O)(=O)C(F)(F)F)C(F)(F)F. The van der Waals surface area contributed by atoms with Crippen LogP contribution in [0.4, 0.5) is 26.3 Å². The van der Waals surface area contributed by atoms with E-state index in [2.05, 4.69) is 34.6 Å². The van der Waals surface area contributed by atoms with Gasteiger partial charge in [-0.3, -0.25) is 0 Å². The molecule has 0 unspecified atom stereocenters. The summed E-state index contributed by atoms with van der Waals surface area (Å²) in [7, 11) is -13.2. The normalized spacial score (nSPS) is 14.1. The van der Waals surface area contributed by atoms with Gasteiger partial charge in [0.1, 0.15) is 0 Å². The van der Waals surface area contributed by atoms with E-state index in [4.69, 9.17) is 5.73 Å². The van der Waals surface area contributed by atoms with Gasteiger partial charge in [0.25, 0.3) is 0 Å². The second kappa shape index (κ2) is 11.1. The smallest absolute Gasteiger partial charge is 0.325 e. The summed E-state index contributed by atoms with van der Waals surface area (Å²) in [5.74, 6) is 1.17. The predicted octanol–water partition coefficient (Wildman–Crippen LogP) is 4.24. The quantitative estimate of drug-likeness (QED) is 0.379. The molecule has 0 spiro atoms. The van der Waals surface area contributed by atoms with Crippen molar-refractivity contribution in [2.24, 2.45) is 17.6 Å². The first-order valence-electron chi connectivity index (χ1n) is 8.85. The third kappa shape index (κ3) is 9.83. The highest BCUT2D eigenvalue weighted by molar-refractivity contribution is 8.05. The summed E-state index contributed by atoms with van der Waals surface area (Å²) in [5.41, 5.74) is -5.78. The molecule has 0 bridgehead atoms. The van der Waals surface area contributed by atoms with Gasteiger partial charge in [0, 0.05) is 5.54 Å². The molecule has 0 fully saturated rings. The maximum absolute atomic E-state index is 11.5. The van der Waals surface area contributed by atoms with Crippen molar-refractivity contribution in [1.29, 1.82) is 0 Å². The largest absolute Gasteiger partial charge is 0.512 e. The van der Waals surface area contributed by atoms with E-state index in [1.807, 2.05) is 0 Å². The van der Waals surface area contributed by atoms with E-state index in [0.717, 1.165) is 0 Å². The highest BCUT2D eigenvalue weighted by Gasteiger charge is 2.55. The van der Waals surface area contributed by atoms with Gasteiger partial charge in [-0.2, -0.15) is 26.3 Å². The van der Waals surface area contributed by atoms with Crippen LogP contribution < -0.4 is 9.86 Å². The highest BCUT2D eigenvalue weighted by Crippen LogP contribution is 2.29. The van der Waals surface area contributed by atoms with E-state index in [9.17, 15) is 43.2 Å². The summed E-state index contributed by atoms with van der Waals surface area (Å²) in [6.07, 6.45) is 6.48. The number of unbranched alkanes of at least 4 members (excludes halogenated alkanes) is 3. The van der Waals surface area contributed by atoms with E-state index < -0.39 is 35.2 Å². The molecule has 29 heavy (non-hydrogen) atoms. The summed E-state index contributed by atoms with van der Waals surface area (Å²) in [6, 6.07) is 0. The van der Waals surface area contributed by atoms with Gasteiger partial charge in [0.2, 0.25) is 0 Å². The fourth-order valence-corrected chi connectivity index (χ4v) is 4.25. The first kappa shape index (κ1) is 30.6. The average molecular weight is 481 g/mol. The van der Waals surface area contributed by atoms with Crippen LogP contribution in [0, 0.1) is 11.8 Å². The van der Waals surface area contributed by atoms with E-state index >= 15 is 0 Å².